The molecule has 3 heterocycles. The number of benzene rings is 1. The molecular formula is C21H28N2O2. The predicted octanol–water partition coefficient (Wildman–Crippen LogP) is 3.17. The highest BCUT2D eigenvalue weighted by Gasteiger charge is 2.44. The average molecular weight is 340 g/mol. The van der Waals surface area contributed by atoms with Crippen LogP contribution in [0, 0.1) is 17.8 Å². The van der Waals surface area contributed by atoms with Crippen LogP contribution in [0.15, 0.2) is 24.3 Å². The van der Waals surface area contributed by atoms with Crippen molar-refractivity contribution in [2.24, 2.45) is 17.8 Å². The Morgan fingerprint density at radius 3 is 2.36 bits per heavy atom. The molecule has 6 rings (SSSR count). The summed E-state index contributed by atoms with van der Waals surface area (Å²) in [6, 6.07) is 8.68. The summed E-state index contributed by atoms with van der Waals surface area (Å²) in [5, 5.41) is 0. The number of para-hydroxylation sites is 1. The molecule has 3 saturated heterocycles. The van der Waals surface area contributed by atoms with Gasteiger partial charge in [-0.1, -0.05) is 12.1 Å². The van der Waals surface area contributed by atoms with E-state index in [1.54, 1.807) is 0 Å². The first kappa shape index (κ1) is 15.7. The van der Waals surface area contributed by atoms with Crippen LogP contribution in [0.1, 0.15) is 42.5 Å². The molecule has 1 amide bonds. The van der Waals surface area contributed by atoms with Gasteiger partial charge in [0.1, 0.15) is 0 Å². The molecule has 1 aromatic carbocycles. The Bertz CT molecular complexity index is 641. The first-order valence-electron chi connectivity index (χ1n) is 10.0. The molecule has 0 radical (unpaired) electrons. The summed E-state index contributed by atoms with van der Waals surface area (Å²) in [7, 11) is 0. The highest BCUT2D eigenvalue weighted by atomic mass is 16.5. The van der Waals surface area contributed by atoms with Crippen LogP contribution < -0.4 is 4.90 Å². The Hall–Kier alpha value is -1.55. The molecule has 4 atom stereocenters. The zero-order valence-corrected chi connectivity index (χ0v) is 14.9. The number of amides is 1. The lowest BCUT2D eigenvalue weighted by molar-refractivity contribution is 0.0632. The molecular weight excluding hydrogens is 312 g/mol. The minimum atomic E-state index is 0.264. The van der Waals surface area contributed by atoms with E-state index in [4.69, 9.17) is 4.74 Å². The molecule has 1 aromatic rings. The van der Waals surface area contributed by atoms with E-state index in [-0.39, 0.29) is 5.91 Å². The Balaban J connectivity index is 1.44. The fourth-order valence-electron chi connectivity index (χ4n) is 5.92. The van der Waals surface area contributed by atoms with Gasteiger partial charge in [-0.3, -0.25) is 4.79 Å². The molecule has 3 aliphatic heterocycles. The maximum absolute atomic E-state index is 13.5. The highest BCUT2D eigenvalue weighted by Crippen LogP contribution is 2.47. The first-order valence-corrected chi connectivity index (χ1v) is 10.0. The van der Waals surface area contributed by atoms with Gasteiger partial charge in [-0.15, -0.1) is 0 Å². The molecule has 2 saturated carbocycles. The number of hydrogen-bond acceptors (Lipinski definition) is 3. The van der Waals surface area contributed by atoms with Crippen molar-refractivity contribution in [2.45, 2.75) is 38.1 Å². The van der Waals surface area contributed by atoms with Gasteiger partial charge in [-0.25, -0.2) is 0 Å². The number of carbonyl (C=O) groups excluding carboxylic acids is 1. The van der Waals surface area contributed by atoms with Crippen LogP contribution in [-0.2, 0) is 4.74 Å². The molecule has 134 valence electrons. The van der Waals surface area contributed by atoms with Crippen LogP contribution in [0.2, 0.25) is 0 Å². The number of ether oxygens (including phenoxy) is 1. The summed E-state index contributed by atoms with van der Waals surface area (Å²) in [5.74, 6) is 2.74. The van der Waals surface area contributed by atoms with Crippen molar-refractivity contribution in [1.29, 1.82) is 0 Å². The second kappa shape index (κ2) is 6.31. The van der Waals surface area contributed by atoms with E-state index in [0.29, 0.717) is 6.04 Å². The van der Waals surface area contributed by atoms with Crippen molar-refractivity contribution < 1.29 is 9.53 Å². The van der Waals surface area contributed by atoms with E-state index in [9.17, 15) is 4.79 Å². The number of anilines is 1. The molecule has 2 unspecified atom stereocenters. The number of morpholine rings is 1. The van der Waals surface area contributed by atoms with E-state index < -0.39 is 0 Å². The summed E-state index contributed by atoms with van der Waals surface area (Å²) in [6.45, 7) is 4.23. The summed E-state index contributed by atoms with van der Waals surface area (Å²) in [5.41, 5.74) is 1.99. The summed E-state index contributed by atoms with van der Waals surface area (Å²) in [4.78, 5) is 18.1. The van der Waals surface area contributed by atoms with Gasteiger partial charge in [0.2, 0.25) is 0 Å². The number of nitrogens with zero attached hydrogens (tertiary/aromatic N) is 2. The normalized spacial score (nSPS) is 34.2. The van der Waals surface area contributed by atoms with Crippen LogP contribution >= 0.6 is 0 Å². The Morgan fingerprint density at radius 2 is 1.60 bits per heavy atom. The summed E-state index contributed by atoms with van der Waals surface area (Å²) in [6.07, 6.45) is 6.58. The van der Waals surface area contributed by atoms with Crippen molar-refractivity contribution in [3.05, 3.63) is 29.8 Å². The SMILES string of the molecule is O=C(c1ccccc1N1CCOCC1)N1CC2C[C@@H]3CC1C[C@H](C2)C3. The molecule has 4 nitrogen and oxygen atoms in total. The topological polar surface area (TPSA) is 32.8 Å². The molecule has 2 aliphatic carbocycles. The van der Waals surface area contributed by atoms with E-state index in [1.165, 1.54) is 32.1 Å². The molecule has 0 spiro atoms. The quantitative estimate of drug-likeness (QED) is 0.829. The van der Waals surface area contributed by atoms with Crippen LogP contribution in [0.3, 0.4) is 0 Å². The summed E-state index contributed by atoms with van der Waals surface area (Å²) >= 11 is 0. The highest BCUT2D eigenvalue weighted by molar-refractivity contribution is 6.00. The fraction of sp³-hybridized carbons (Fsp3) is 0.667. The molecule has 4 bridgehead atoms. The van der Waals surface area contributed by atoms with Crippen molar-refractivity contribution >= 4 is 11.6 Å². The van der Waals surface area contributed by atoms with Gasteiger partial charge >= 0.3 is 0 Å². The van der Waals surface area contributed by atoms with Crippen molar-refractivity contribution in [1.82, 2.24) is 4.90 Å². The molecule has 0 aromatic heterocycles. The maximum Gasteiger partial charge on any atom is 0.256 e. The Morgan fingerprint density at radius 1 is 0.920 bits per heavy atom. The average Bonchev–Trinajstić information content (AvgIpc) is 2.85. The fourth-order valence-corrected chi connectivity index (χ4v) is 5.92. The minimum absolute atomic E-state index is 0.264. The van der Waals surface area contributed by atoms with Crippen LogP contribution in [0.25, 0.3) is 0 Å². The van der Waals surface area contributed by atoms with E-state index in [0.717, 1.165) is 61.9 Å². The molecule has 25 heavy (non-hydrogen) atoms. The van der Waals surface area contributed by atoms with E-state index in [1.807, 2.05) is 12.1 Å². The smallest absolute Gasteiger partial charge is 0.256 e. The Labute approximate surface area is 150 Å². The van der Waals surface area contributed by atoms with Gasteiger partial charge in [0.05, 0.1) is 18.8 Å². The third kappa shape index (κ3) is 2.84. The van der Waals surface area contributed by atoms with Gasteiger partial charge in [-0.05, 0) is 62.0 Å². The van der Waals surface area contributed by atoms with E-state index >= 15 is 0 Å². The minimum Gasteiger partial charge on any atom is -0.378 e. The van der Waals surface area contributed by atoms with Crippen LogP contribution in [0.4, 0.5) is 5.69 Å². The molecule has 5 aliphatic rings. The monoisotopic (exact) mass is 340 g/mol. The third-order valence-electron chi connectivity index (χ3n) is 6.85. The number of hydrogen-bond donors (Lipinski definition) is 0. The molecule has 5 fully saturated rings. The second-order valence-electron chi connectivity index (χ2n) is 8.50. The lowest BCUT2D eigenvalue weighted by Gasteiger charge is -2.39. The zero-order valence-electron chi connectivity index (χ0n) is 14.9. The number of rotatable bonds is 2. The van der Waals surface area contributed by atoms with Gasteiger partial charge < -0.3 is 14.5 Å². The third-order valence-corrected chi connectivity index (χ3v) is 6.85. The maximum atomic E-state index is 13.5. The Kier molecular flexibility index (Phi) is 3.96. The van der Waals surface area contributed by atoms with Crippen LogP contribution in [0.5, 0.6) is 0 Å². The van der Waals surface area contributed by atoms with Crippen molar-refractivity contribution in [3.63, 3.8) is 0 Å². The lowest BCUT2D eigenvalue weighted by atomic mass is 9.68. The molecule has 0 N–H and O–H groups in total. The summed E-state index contributed by atoms with van der Waals surface area (Å²) < 4.78 is 5.49. The van der Waals surface area contributed by atoms with E-state index in [2.05, 4.69) is 21.9 Å². The number of fused-ring (bicyclic) bond motifs is 1. The second-order valence-corrected chi connectivity index (χ2v) is 8.50. The first-order chi connectivity index (χ1) is 12.3. The van der Waals surface area contributed by atoms with Gasteiger partial charge in [-0.2, -0.15) is 0 Å². The van der Waals surface area contributed by atoms with Crippen molar-refractivity contribution in [2.75, 3.05) is 37.7 Å². The largest absolute Gasteiger partial charge is 0.378 e. The van der Waals surface area contributed by atoms with Gasteiger partial charge in [0.25, 0.3) is 5.91 Å². The van der Waals surface area contributed by atoms with Gasteiger partial charge in [0.15, 0.2) is 0 Å². The molecule has 4 heteroatoms. The zero-order chi connectivity index (χ0) is 16.8. The lowest BCUT2D eigenvalue weighted by Crippen LogP contribution is -2.43. The number of carbonyl (C=O) groups is 1. The van der Waals surface area contributed by atoms with Crippen LogP contribution in [-0.4, -0.2) is 49.7 Å². The standard InChI is InChI=1S/C21H28N2O2/c24-21(19-3-1-2-4-20(19)22-5-7-25-8-6-22)23-14-17-10-15-9-16(11-17)13-18(23)12-15/h1-4,15-18H,5-14H2/t15-,16+,17?,18?. The van der Waals surface area contributed by atoms with Gasteiger partial charge in [0, 0.05) is 31.4 Å². The van der Waals surface area contributed by atoms with Crippen molar-refractivity contribution in [3.8, 4) is 0 Å². The predicted molar refractivity (Wildman–Crippen MR) is 97.9 cm³/mol.